The Morgan fingerprint density at radius 3 is 2.30 bits per heavy atom. The van der Waals surface area contributed by atoms with E-state index in [-0.39, 0.29) is 11.3 Å². The fourth-order valence-corrected chi connectivity index (χ4v) is 5.24. The van der Waals surface area contributed by atoms with Gasteiger partial charge in [-0.1, -0.05) is 45.0 Å². The minimum Gasteiger partial charge on any atom is -0.496 e. The second-order valence-electron chi connectivity index (χ2n) is 11.5. The van der Waals surface area contributed by atoms with Crippen LogP contribution in [0.15, 0.2) is 60.3 Å². The number of nitrogens with zero attached hydrogens (tertiary/aromatic N) is 1. The lowest BCUT2D eigenvalue weighted by atomic mass is 9.86. The van der Waals surface area contributed by atoms with E-state index in [9.17, 15) is 4.79 Å². The number of carbonyl (C=O) groups is 1. The molecule has 0 aliphatic carbocycles. The van der Waals surface area contributed by atoms with Crippen molar-refractivity contribution in [1.29, 1.82) is 0 Å². The maximum absolute atomic E-state index is 13.3. The highest BCUT2D eigenvalue weighted by Crippen LogP contribution is 2.34. The van der Waals surface area contributed by atoms with Crippen molar-refractivity contribution in [3.8, 4) is 23.0 Å². The second kappa shape index (κ2) is 14.0. The molecule has 1 heterocycles. The summed E-state index contributed by atoms with van der Waals surface area (Å²) < 4.78 is 23.4. The van der Waals surface area contributed by atoms with Crippen molar-refractivity contribution in [2.24, 2.45) is 0 Å². The Labute approximate surface area is 260 Å². The largest absolute Gasteiger partial charge is 0.496 e. The molecule has 1 aliphatic rings. The molecular weight excluding hydrogens is 560 g/mol. The van der Waals surface area contributed by atoms with Gasteiger partial charge in [0.05, 0.1) is 20.3 Å². The Bertz CT molecular complexity index is 1510. The lowest BCUT2D eigenvalue weighted by Gasteiger charge is -2.23. The van der Waals surface area contributed by atoms with Crippen LogP contribution in [-0.4, -0.2) is 42.8 Å². The summed E-state index contributed by atoms with van der Waals surface area (Å²) in [5.74, 6) is 2.83. The SMILES string of the molecule is CCOc1ccc(CCN2C(=O)/C(=C\c3ccc(OC)c(COc4cc(C)ccc4C(C)(C)C)c3)NC2=S)cc1OCC. The molecule has 1 saturated heterocycles. The number of methoxy groups -OCH3 is 1. The normalized spacial score (nSPS) is 14.2. The first-order valence-electron chi connectivity index (χ1n) is 14.7. The van der Waals surface area contributed by atoms with Crippen LogP contribution in [0.5, 0.6) is 23.0 Å². The van der Waals surface area contributed by atoms with E-state index in [1.165, 1.54) is 0 Å². The van der Waals surface area contributed by atoms with Gasteiger partial charge in [-0.3, -0.25) is 9.69 Å². The number of thiocarbonyl (C=S) groups is 1. The Morgan fingerprint density at radius 2 is 1.60 bits per heavy atom. The zero-order chi connectivity index (χ0) is 31.1. The van der Waals surface area contributed by atoms with Crippen LogP contribution in [-0.2, 0) is 23.2 Å². The van der Waals surface area contributed by atoms with Crippen LogP contribution in [0, 0.1) is 6.92 Å². The molecule has 1 N–H and O–H groups in total. The summed E-state index contributed by atoms with van der Waals surface area (Å²) in [4.78, 5) is 14.9. The van der Waals surface area contributed by atoms with Crippen LogP contribution in [0.3, 0.4) is 0 Å². The zero-order valence-electron chi connectivity index (χ0n) is 26.2. The van der Waals surface area contributed by atoms with Crippen molar-refractivity contribution in [2.75, 3.05) is 26.9 Å². The van der Waals surface area contributed by atoms with Crippen LogP contribution >= 0.6 is 12.2 Å². The Morgan fingerprint density at radius 1 is 0.884 bits per heavy atom. The summed E-state index contributed by atoms with van der Waals surface area (Å²) in [5, 5.41) is 3.48. The summed E-state index contributed by atoms with van der Waals surface area (Å²) in [6.45, 7) is 14.3. The highest BCUT2D eigenvalue weighted by Gasteiger charge is 2.30. The van der Waals surface area contributed by atoms with Gasteiger partial charge in [0.25, 0.3) is 5.91 Å². The first kappa shape index (κ1) is 31.9. The molecular formula is C35H42N2O5S. The number of hydrogen-bond donors (Lipinski definition) is 1. The van der Waals surface area contributed by atoms with E-state index in [1.807, 2.05) is 56.3 Å². The number of rotatable bonds is 12. The number of hydrogen-bond acceptors (Lipinski definition) is 6. The molecule has 0 bridgehead atoms. The monoisotopic (exact) mass is 602 g/mol. The molecule has 43 heavy (non-hydrogen) atoms. The molecule has 3 aromatic rings. The molecule has 4 rings (SSSR count). The molecule has 0 unspecified atom stereocenters. The number of aryl methyl sites for hydroxylation is 1. The van der Waals surface area contributed by atoms with Gasteiger partial charge < -0.3 is 24.3 Å². The fourth-order valence-electron chi connectivity index (χ4n) is 4.96. The fraction of sp³-hybridized carbons (Fsp3) is 0.371. The van der Waals surface area contributed by atoms with Gasteiger partial charge in [0.2, 0.25) is 0 Å². The maximum atomic E-state index is 13.3. The van der Waals surface area contributed by atoms with Crippen molar-refractivity contribution in [2.45, 2.75) is 60.0 Å². The molecule has 0 spiro atoms. The second-order valence-corrected chi connectivity index (χ2v) is 11.8. The van der Waals surface area contributed by atoms with E-state index in [4.69, 9.17) is 31.2 Å². The van der Waals surface area contributed by atoms with E-state index in [2.05, 4.69) is 51.2 Å². The van der Waals surface area contributed by atoms with Crippen LogP contribution in [0.4, 0.5) is 0 Å². The van der Waals surface area contributed by atoms with E-state index in [0.29, 0.717) is 55.1 Å². The van der Waals surface area contributed by atoms with Crippen molar-refractivity contribution in [3.05, 3.63) is 88.1 Å². The molecule has 0 atom stereocenters. The average Bonchev–Trinajstić information content (AvgIpc) is 3.23. The topological polar surface area (TPSA) is 69.3 Å². The van der Waals surface area contributed by atoms with Gasteiger partial charge >= 0.3 is 0 Å². The lowest BCUT2D eigenvalue weighted by Crippen LogP contribution is -2.32. The molecule has 0 radical (unpaired) electrons. The minimum atomic E-state index is -0.163. The van der Waals surface area contributed by atoms with Crippen LogP contribution in [0.25, 0.3) is 6.08 Å². The predicted molar refractivity (Wildman–Crippen MR) is 175 cm³/mol. The molecule has 228 valence electrons. The molecule has 1 fully saturated rings. The third-order valence-corrected chi connectivity index (χ3v) is 7.46. The van der Waals surface area contributed by atoms with Gasteiger partial charge in [-0.15, -0.1) is 0 Å². The zero-order valence-corrected chi connectivity index (χ0v) is 27.0. The van der Waals surface area contributed by atoms with Gasteiger partial charge in [-0.2, -0.15) is 0 Å². The molecule has 8 heteroatoms. The van der Waals surface area contributed by atoms with Crippen molar-refractivity contribution < 1.29 is 23.7 Å². The Balaban J connectivity index is 1.48. The average molecular weight is 603 g/mol. The summed E-state index contributed by atoms with van der Waals surface area (Å²) in [6, 6.07) is 18.0. The summed E-state index contributed by atoms with van der Waals surface area (Å²) in [6.07, 6.45) is 2.43. The summed E-state index contributed by atoms with van der Waals surface area (Å²) >= 11 is 5.53. The van der Waals surface area contributed by atoms with E-state index >= 15 is 0 Å². The van der Waals surface area contributed by atoms with Gasteiger partial charge in [-0.25, -0.2) is 0 Å². The smallest absolute Gasteiger partial charge is 0.276 e. The number of benzene rings is 3. The first-order chi connectivity index (χ1) is 20.5. The molecule has 1 amide bonds. The lowest BCUT2D eigenvalue weighted by molar-refractivity contribution is -0.122. The van der Waals surface area contributed by atoms with Gasteiger partial charge in [0.1, 0.15) is 23.8 Å². The number of amides is 1. The third-order valence-electron chi connectivity index (χ3n) is 7.14. The molecule has 7 nitrogen and oxygen atoms in total. The molecule has 3 aromatic carbocycles. The first-order valence-corrected chi connectivity index (χ1v) is 15.1. The minimum absolute atomic E-state index is 0.0589. The van der Waals surface area contributed by atoms with E-state index in [0.717, 1.165) is 39.3 Å². The van der Waals surface area contributed by atoms with Crippen molar-refractivity contribution in [3.63, 3.8) is 0 Å². The molecule has 0 aromatic heterocycles. The predicted octanol–water partition coefficient (Wildman–Crippen LogP) is 6.98. The quantitative estimate of drug-likeness (QED) is 0.177. The number of ether oxygens (including phenoxy) is 4. The molecule has 0 saturated carbocycles. The number of nitrogens with one attached hydrogen (secondary N) is 1. The van der Waals surface area contributed by atoms with Crippen LogP contribution in [0.2, 0.25) is 0 Å². The van der Waals surface area contributed by atoms with Crippen LogP contribution in [0.1, 0.15) is 62.4 Å². The van der Waals surface area contributed by atoms with Crippen LogP contribution < -0.4 is 24.3 Å². The van der Waals surface area contributed by atoms with E-state index < -0.39 is 0 Å². The summed E-state index contributed by atoms with van der Waals surface area (Å²) in [7, 11) is 1.64. The Kier molecular flexibility index (Phi) is 10.3. The van der Waals surface area contributed by atoms with E-state index in [1.54, 1.807) is 12.0 Å². The van der Waals surface area contributed by atoms with Crippen molar-refractivity contribution >= 4 is 29.3 Å². The van der Waals surface area contributed by atoms with Gasteiger partial charge in [-0.05, 0) is 103 Å². The summed E-state index contributed by atoms with van der Waals surface area (Å²) in [5.41, 5.74) is 5.40. The third kappa shape index (κ3) is 7.87. The number of carbonyl (C=O) groups excluding carboxylic acids is 1. The van der Waals surface area contributed by atoms with Gasteiger partial charge in [0.15, 0.2) is 16.6 Å². The maximum Gasteiger partial charge on any atom is 0.276 e. The highest BCUT2D eigenvalue weighted by molar-refractivity contribution is 7.80. The molecule has 1 aliphatic heterocycles. The standard InChI is InChI=1S/C35H42N2O5S/c1-8-40-30-15-11-24(21-32(30)41-9-2)16-17-37-33(38)28(36-34(37)43)20-25-12-14-29(39-7)26(19-25)22-42-31-18-23(3)10-13-27(31)35(4,5)6/h10-15,18-21H,8-9,16-17,22H2,1-7H3,(H,36,43)/b28-20+. The highest BCUT2D eigenvalue weighted by atomic mass is 32.1. The van der Waals surface area contributed by atoms with Crippen molar-refractivity contribution in [1.82, 2.24) is 10.2 Å². The Hall–Kier alpha value is -4.04. The van der Waals surface area contributed by atoms with Gasteiger partial charge in [0, 0.05) is 12.1 Å².